The van der Waals surface area contributed by atoms with E-state index in [1.807, 2.05) is 4.90 Å². The second-order valence-corrected chi connectivity index (χ2v) is 8.70. The molecule has 0 N–H and O–H groups in total. The predicted octanol–water partition coefficient (Wildman–Crippen LogP) is 1.97. The lowest BCUT2D eigenvalue weighted by Crippen LogP contribution is -2.47. The van der Waals surface area contributed by atoms with Crippen LogP contribution in [-0.4, -0.2) is 72.3 Å². The van der Waals surface area contributed by atoms with Crippen molar-refractivity contribution in [3.8, 4) is 0 Å². The summed E-state index contributed by atoms with van der Waals surface area (Å²) >= 11 is 0. The SMILES string of the molecule is O=C(C1CC1)N1CCC[C@H](C(=O)N2CC[C@H](CN3CCCCC3)C2)C1. The minimum Gasteiger partial charge on any atom is -0.342 e. The summed E-state index contributed by atoms with van der Waals surface area (Å²) in [7, 11) is 0. The van der Waals surface area contributed by atoms with Crippen molar-refractivity contribution >= 4 is 11.8 Å². The fourth-order valence-corrected chi connectivity index (χ4v) is 4.91. The van der Waals surface area contributed by atoms with Gasteiger partial charge in [-0.2, -0.15) is 0 Å². The molecule has 2 amide bonds. The molecule has 4 rings (SSSR count). The van der Waals surface area contributed by atoms with Crippen molar-refractivity contribution in [3.63, 3.8) is 0 Å². The molecule has 25 heavy (non-hydrogen) atoms. The standard InChI is InChI=1S/C20H33N3O2/c24-19(17-6-7-17)22-11-4-5-18(15-22)20(25)23-12-8-16(14-23)13-21-9-2-1-3-10-21/h16-18H,1-15H2/t16-,18+/m1/s1. The van der Waals surface area contributed by atoms with Crippen LogP contribution in [0.1, 0.15) is 51.4 Å². The Kier molecular flexibility index (Phi) is 5.30. The normalized spacial score (nSPS) is 31.4. The molecule has 0 aromatic heterocycles. The van der Waals surface area contributed by atoms with E-state index >= 15 is 0 Å². The molecule has 0 aromatic rings. The molecule has 3 heterocycles. The molecule has 5 heteroatoms. The molecule has 0 unspecified atom stereocenters. The van der Waals surface area contributed by atoms with Gasteiger partial charge in [0.1, 0.15) is 0 Å². The fraction of sp³-hybridized carbons (Fsp3) is 0.900. The van der Waals surface area contributed by atoms with Crippen LogP contribution in [0.25, 0.3) is 0 Å². The van der Waals surface area contributed by atoms with Gasteiger partial charge < -0.3 is 14.7 Å². The van der Waals surface area contributed by atoms with Crippen LogP contribution in [-0.2, 0) is 9.59 Å². The molecular formula is C20H33N3O2. The number of carbonyl (C=O) groups excluding carboxylic acids is 2. The highest BCUT2D eigenvalue weighted by molar-refractivity contribution is 5.83. The minimum atomic E-state index is 0.0465. The van der Waals surface area contributed by atoms with Gasteiger partial charge in [-0.15, -0.1) is 0 Å². The quantitative estimate of drug-likeness (QED) is 0.781. The molecule has 140 valence electrons. The summed E-state index contributed by atoms with van der Waals surface area (Å²) in [6.07, 6.45) is 9.25. The molecule has 3 aliphatic heterocycles. The van der Waals surface area contributed by atoms with Crippen LogP contribution in [0.2, 0.25) is 0 Å². The number of rotatable bonds is 4. The van der Waals surface area contributed by atoms with E-state index in [0.29, 0.717) is 24.3 Å². The largest absolute Gasteiger partial charge is 0.342 e. The maximum Gasteiger partial charge on any atom is 0.227 e. The van der Waals surface area contributed by atoms with Gasteiger partial charge in [0.05, 0.1) is 5.92 Å². The number of amides is 2. The first-order chi connectivity index (χ1) is 12.2. The van der Waals surface area contributed by atoms with Crippen molar-refractivity contribution in [1.82, 2.24) is 14.7 Å². The molecule has 4 fully saturated rings. The van der Waals surface area contributed by atoms with Crippen LogP contribution in [0.5, 0.6) is 0 Å². The van der Waals surface area contributed by atoms with Crippen molar-refractivity contribution in [3.05, 3.63) is 0 Å². The van der Waals surface area contributed by atoms with Gasteiger partial charge in [-0.25, -0.2) is 0 Å². The van der Waals surface area contributed by atoms with Crippen molar-refractivity contribution < 1.29 is 9.59 Å². The maximum absolute atomic E-state index is 13.0. The van der Waals surface area contributed by atoms with Gasteiger partial charge in [0, 0.05) is 38.6 Å². The summed E-state index contributed by atoms with van der Waals surface area (Å²) < 4.78 is 0. The maximum atomic E-state index is 13.0. The Morgan fingerprint density at radius 3 is 2.16 bits per heavy atom. The van der Waals surface area contributed by atoms with Crippen LogP contribution >= 0.6 is 0 Å². The average Bonchev–Trinajstić information content (AvgIpc) is 3.41. The second kappa shape index (κ2) is 7.65. The van der Waals surface area contributed by atoms with E-state index in [1.165, 1.54) is 38.9 Å². The zero-order chi connectivity index (χ0) is 17.2. The smallest absolute Gasteiger partial charge is 0.227 e. The molecule has 0 radical (unpaired) electrons. The van der Waals surface area contributed by atoms with Crippen LogP contribution in [0.15, 0.2) is 0 Å². The molecular weight excluding hydrogens is 314 g/mol. The average molecular weight is 348 g/mol. The van der Waals surface area contributed by atoms with Gasteiger partial charge in [0.15, 0.2) is 0 Å². The number of carbonyl (C=O) groups is 2. The predicted molar refractivity (Wildman–Crippen MR) is 97.0 cm³/mol. The van der Waals surface area contributed by atoms with Gasteiger partial charge >= 0.3 is 0 Å². The van der Waals surface area contributed by atoms with Crippen molar-refractivity contribution in [1.29, 1.82) is 0 Å². The summed E-state index contributed by atoms with van der Waals surface area (Å²) in [6, 6.07) is 0. The van der Waals surface area contributed by atoms with Crippen LogP contribution in [0.4, 0.5) is 0 Å². The molecule has 1 saturated carbocycles. The summed E-state index contributed by atoms with van der Waals surface area (Å²) in [5.41, 5.74) is 0. The summed E-state index contributed by atoms with van der Waals surface area (Å²) in [4.78, 5) is 32.0. The molecule has 4 aliphatic rings. The number of likely N-dealkylation sites (tertiary alicyclic amines) is 3. The lowest BCUT2D eigenvalue weighted by Gasteiger charge is -2.34. The number of hydrogen-bond donors (Lipinski definition) is 0. The van der Waals surface area contributed by atoms with E-state index < -0.39 is 0 Å². The Balaban J connectivity index is 1.26. The van der Waals surface area contributed by atoms with Gasteiger partial charge in [0.25, 0.3) is 0 Å². The fourth-order valence-electron chi connectivity index (χ4n) is 4.91. The topological polar surface area (TPSA) is 43.9 Å². The van der Waals surface area contributed by atoms with Gasteiger partial charge in [-0.1, -0.05) is 6.42 Å². The number of hydrogen-bond acceptors (Lipinski definition) is 3. The van der Waals surface area contributed by atoms with E-state index in [4.69, 9.17) is 0 Å². The lowest BCUT2D eigenvalue weighted by molar-refractivity contribution is -0.140. The minimum absolute atomic E-state index is 0.0465. The first kappa shape index (κ1) is 17.3. The summed E-state index contributed by atoms with van der Waals surface area (Å²) in [5, 5.41) is 0. The second-order valence-electron chi connectivity index (χ2n) is 8.70. The Bertz CT molecular complexity index is 499. The molecule has 0 spiro atoms. The third-order valence-corrected chi connectivity index (χ3v) is 6.57. The van der Waals surface area contributed by atoms with E-state index in [0.717, 1.165) is 51.7 Å². The zero-order valence-electron chi connectivity index (χ0n) is 15.5. The Labute approximate surface area is 151 Å². The van der Waals surface area contributed by atoms with Crippen molar-refractivity contribution in [2.45, 2.75) is 51.4 Å². The highest BCUT2D eigenvalue weighted by atomic mass is 16.2. The molecule has 5 nitrogen and oxygen atoms in total. The number of piperidine rings is 2. The lowest BCUT2D eigenvalue weighted by atomic mass is 9.96. The van der Waals surface area contributed by atoms with E-state index in [1.54, 1.807) is 0 Å². The highest BCUT2D eigenvalue weighted by Gasteiger charge is 2.38. The molecule has 0 bridgehead atoms. The van der Waals surface area contributed by atoms with E-state index in [2.05, 4.69) is 9.80 Å². The van der Waals surface area contributed by atoms with Gasteiger partial charge in [-0.3, -0.25) is 9.59 Å². The van der Waals surface area contributed by atoms with E-state index in [-0.39, 0.29) is 11.8 Å². The van der Waals surface area contributed by atoms with Gasteiger partial charge in [0.2, 0.25) is 11.8 Å². The van der Waals surface area contributed by atoms with Gasteiger partial charge in [-0.05, 0) is 64.0 Å². The highest BCUT2D eigenvalue weighted by Crippen LogP contribution is 2.33. The van der Waals surface area contributed by atoms with Crippen LogP contribution in [0, 0.1) is 17.8 Å². The Morgan fingerprint density at radius 2 is 1.40 bits per heavy atom. The van der Waals surface area contributed by atoms with Crippen molar-refractivity contribution in [2.75, 3.05) is 45.8 Å². The third kappa shape index (κ3) is 4.18. The van der Waals surface area contributed by atoms with Crippen LogP contribution < -0.4 is 0 Å². The molecule has 2 atom stereocenters. The molecule has 3 saturated heterocycles. The molecule has 0 aromatic carbocycles. The Hall–Kier alpha value is -1.10. The first-order valence-electron chi connectivity index (χ1n) is 10.5. The first-order valence-corrected chi connectivity index (χ1v) is 10.5. The monoisotopic (exact) mass is 347 g/mol. The summed E-state index contributed by atoms with van der Waals surface area (Å²) in [5.74, 6) is 1.59. The number of nitrogens with zero attached hydrogens (tertiary/aromatic N) is 3. The third-order valence-electron chi connectivity index (χ3n) is 6.57. The zero-order valence-corrected chi connectivity index (χ0v) is 15.5. The van der Waals surface area contributed by atoms with E-state index in [9.17, 15) is 9.59 Å². The summed E-state index contributed by atoms with van der Waals surface area (Å²) in [6.45, 7) is 7.03. The Morgan fingerprint density at radius 1 is 0.680 bits per heavy atom. The van der Waals surface area contributed by atoms with Crippen molar-refractivity contribution in [2.24, 2.45) is 17.8 Å². The molecule has 1 aliphatic carbocycles. The van der Waals surface area contributed by atoms with Crippen LogP contribution in [0.3, 0.4) is 0 Å².